The van der Waals surface area contributed by atoms with E-state index in [0.29, 0.717) is 28.5 Å². The maximum absolute atomic E-state index is 14.7. The number of ether oxygens (including phenoxy) is 1. The third-order valence-corrected chi connectivity index (χ3v) is 5.47. The van der Waals surface area contributed by atoms with E-state index in [0.717, 1.165) is 11.8 Å². The Bertz CT molecular complexity index is 1510. The molecule has 3 aromatic heterocycles. The third-order valence-electron chi connectivity index (χ3n) is 5.47. The second kappa shape index (κ2) is 11.2. The molecule has 0 saturated carbocycles. The highest BCUT2D eigenvalue weighted by atomic mass is 19.1. The molecule has 4 aromatic rings. The highest BCUT2D eigenvalue weighted by Crippen LogP contribution is 2.35. The smallest absolute Gasteiger partial charge is 0.412 e. The highest BCUT2D eigenvalue weighted by Gasteiger charge is 2.22. The summed E-state index contributed by atoms with van der Waals surface area (Å²) in [6, 6.07) is 6.99. The lowest BCUT2D eigenvalue weighted by Gasteiger charge is -2.13. The topological polar surface area (TPSA) is 132 Å². The molecule has 0 radical (unpaired) electrons. The Hall–Kier alpha value is -4.65. The quantitative estimate of drug-likeness (QED) is 0.284. The van der Waals surface area contributed by atoms with Crippen molar-refractivity contribution in [2.75, 3.05) is 17.7 Å². The van der Waals surface area contributed by atoms with Crippen LogP contribution in [0.25, 0.3) is 5.52 Å². The molecule has 13 heteroatoms. The molecule has 11 nitrogen and oxygen atoms in total. The van der Waals surface area contributed by atoms with Gasteiger partial charge in [-0.2, -0.15) is 5.10 Å². The van der Waals surface area contributed by atoms with Gasteiger partial charge in [-0.3, -0.25) is 19.9 Å². The monoisotopic (exact) mass is 525 g/mol. The van der Waals surface area contributed by atoms with Crippen molar-refractivity contribution in [1.82, 2.24) is 25.1 Å². The molecule has 0 unspecified atom stereocenters. The van der Waals surface area contributed by atoms with Gasteiger partial charge in [0.05, 0.1) is 35.9 Å². The van der Waals surface area contributed by atoms with Crippen LogP contribution in [0.1, 0.15) is 47.1 Å². The number of rotatable bonds is 8. The second-order valence-corrected chi connectivity index (χ2v) is 8.56. The Labute approximate surface area is 216 Å². The minimum atomic E-state index is -1.06. The number of aryl methyl sites for hydroxylation is 1. The molecule has 0 saturated heterocycles. The van der Waals surface area contributed by atoms with Crippen LogP contribution in [0, 0.1) is 18.6 Å². The van der Waals surface area contributed by atoms with Crippen LogP contribution in [-0.2, 0) is 16.2 Å². The molecule has 38 heavy (non-hydrogen) atoms. The summed E-state index contributed by atoms with van der Waals surface area (Å²) in [6.45, 7) is 5.61. The summed E-state index contributed by atoms with van der Waals surface area (Å²) in [5.41, 5.74) is 4.24. The fraction of sp³-hybridized carbons (Fsp3) is 0.240. The van der Waals surface area contributed by atoms with Crippen LogP contribution in [0.5, 0.6) is 0 Å². The van der Waals surface area contributed by atoms with Gasteiger partial charge < -0.3 is 10.1 Å². The van der Waals surface area contributed by atoms with Crippen molar-refractivity contribution in [2.45, 2.75) is 33.3 Å². The Morgan fingerprint density at radius 3 is 2.63 bits per heavy atom. The molecule has 0 bridgehead atoms. The van der Waals surface area contributed by atoms with Gasteiger partial charge in [-0.25, -0.2) is 28.6 Å². The van der Waals surface area contributed by atoms with Crippen molar-refractivity contribution < 1.29 is 27.9 Å². The molecule has 0 fully saturated rings. The van der Waals surface area contributed by atoms with Crippen LogP contribution in [-0.4, -0.2) is 38.7 Å². The van der Waals surface area contributed by atoms with Crippen molar-refractivity contribution in [3.63, 3.8) is 0 Å². The number of hydrogen-bond donors (Lipinski definition) is 3. The van der Waals surface area contributed by atoms with Gasteiger partial charge in [0.2, 0.25) is 0 Å². The Kier molecular flexibility index (Phi) is 7.76. The van der Waals surface area contributed by atoms with E-state index in [2.05, 4.69) is 30.5 Å². The molecule has 2 amide bonds. The van der Waals surface area contributed by atoms with Gasteiger partial charge in [-0.05, 0) is 31.0 Å². The summed E-state index contributed by atoms with van der Waals surface area (Å²) >= 11 is 0. The largest absolute Gasteiger partial charge is 0.443 e. The molecule has 3 heterocycles. The van der Waals surface area contributed by atoms with Gasteiger partial charge in [-0.1, -0.05) is 19.9 Å². The number of aromatic nitrogens is 4. The number of amides is 2. The molecule has 198 valence electrons. The summed E-state index contributed by atoms with van der Waals surface area (Å²) in [4.78, 5) is 37.7. The number of hydrogen-bond acceptors (Lipinski definition) is 8. The Balaban J connectivity index is 1.64. The van der Waals surface area contributed by atoms with Crippen LogP contribution in [0.15, 0.2) is 42.9 Å². The predicted molar refractivity (Wildman–Crippen MR) is 134 cm³/mol. The van der Waals surface area contributed by atoms with Crippen LogP contribution < -0.4 is 16.1 Å². The summed E-state index contributed by atoms with van der Waals surface area (Å²) in [7, 11) is 1.19. The molecule has 0 aliphatic rings. The molecule has 3 N–H and O–H groups in total. The molecule has 4 rings (SSSR count). The first kappa shape index (κ1) is 26.4. The zero-order chi connectivity index (χ0) is 27.4. The zero-order valence-corrected chi connectivity index (χ0v) is 21.0. The zero-order valence-electron chi connectivity index (χ0n) is 21.0. The van der Waals surface area contributed by atoms with Crippen LogP contribution in [0.4, 0.5) is 30.8 Å². The summed E-state index contributed by atoms with van der Waals surface area (Å²) < 4.78 is 35.6. The van der Waals surface area contributed by atoms with Gasteiger partial charge in [0.15, 0.2) is 5.82 Å². The van der Waals surface area contributed by atoms with Crippen molar-refractivity contribution in [2.24, 2.45) is 0 Å². The Morgan fingerprint density at radius 1 is 1.13 bits per heavy atom. The first-order chi connectivity index (χ1) is 18.2. The number of carbonyl (C=O) groups is 2. The Morgan fingerprint density at radius 2 is 1.92 bits per heavy atom. The number of pyridine rings is 1. The summed E-state index contributed by atoms with van der Waals surface area (Å²) in [5, 5.41) is 9.72. The lowest BCUT2D eigenvalue weighted by molar-refractivity contribution is 0.0533. The minimum Gasteiger partial charge on any atom is -0.443 e. The van der Waals surface area contributed by atoms with Crippen molar-refractivity contribution >= 4 is 34.7 Å². The van der Waals surface area contributed by atoms with E-state index in [1.807, 2.05) is 38.4 Å². The standard InChI is InChI=1S/C25H25F2N7O4/c1-13(2)21-20(32-25(36)38-11-15-7-5-6-14(3)30-15)10-34-22(21)23(28-12-29-34)31-19-8-16(24(35)33-37-4)17(26)9-18(19)27/h5-10,12-13H,11H2,1-4H3,(H,32,36)(H,33,35)(H,28,29,31). The summed E-state index contributed by atoms with van der Waals surface area (Å²) in [6.07, 6.45) is 2.10. The first-order valence-corrected chi connectivity index (χ1v) is 11.5. The number of hydroxylamine groups is 1. The SMILES string of the molecule is CONC(=O)c1cc(Nc2ncnn3cc(NC(=O)OCc4cccc(C)n4)c(C(C)C)c23)c(F)cc1F. The van der Waals surface area contributed by atoms with Crippen molar-refractivity contribution in [1.29, 1.82) is 0 Å². The van der Waals surface area contributed by atoms with Gasteiger partial charge in [0.25, 0.3) is 5.91 Å². The fourth-order valence-corrected chi connectivity index (χ4v) is 3.87. The molecular formula is C25H25F2N7O4. The number of carbonyl (C=O) groups excluding carboxylic acids is 2. The maximum Gasteiger partial charge on any atom is 0.412 e. The lowest BCUT2D eigenvalue weighted by atomic mass is 10.0. The minimum absolute atomic E-state index is 0.0205. The number of fused-ring (bicyclic) bond motifs is 1. The lowest BCUT2D eigenvalue weighted by Crippen LogP contribution is -2.23. The fourth-order valence-electron chi connectivity index (χ4n) is 3.87. The average molecular weight is 526 g/mol. The van der Waals surface area contributed by atoms with Crippen molar-refractivity contribution in [3.8, 4) is 0 Å². The average Bonchev–Trinajstić information content (AvgIpc) is 3.23. The summed E-state index contributed by atoms with van der Waals surface area (Å²) in [5.74, 6) is -2.87. The first-order valence-electron chi connectivity index (χ1n) is 11.5. The van der Waals surface area contributed by atoms with Gasteiger partial charge in [-0.15, -0.1) is 0 Å². The van der Waals surface area contributed by atoms with Crippen LogP contribution in [0.2, 0.25) is 0 Å². The number of nitrogens with one attached hydrogen (secondary N) is 3. The van der Waals surface area contributed by atoms with E-state index in [4.69, 9.17) is 4.74 Å². The van der Waals surface area contributed by atoms with E-state index in [-0.39, 0.29) is 24.0 Å². The maximum atomic E-state index is 14.7. The van der Waals surface area contributed by atoms with Crippen LogP contribution >= 0.6 is 0 Å². The molecule has 0 spiro atoms. The normalized spacial score (nSPS) is 11.0. The molecule has 0 aliphatic carbocycles. The van der Waals surface area contributed by atoms with E-state index >= 15 is 0 Å². The van der Waals surface area contributed by atoms with Gasteiger partial charge >= 0.3 is 6.09 Å². The molecule has 0 atom stereocenters. The second-order valence-electron chi connectivity index (χ2n) is 8.56. The number of benzene rings is 1. The predicted octanol–water partition coefficient (Wildman–Crippen LogP) is 4.62. The van der Waals surface area contributed by atoms with Gasteiger partial charge in [0.1, 0.15) is 30.1 Å². The van der Waals surface area contributed by atoms with Crippen LogP contribution in [0.3, 0.4) is 0 Å². The van der Waals surface area contributed by atoms with E-state index in [1.165, 1.54) is 18.0 Å². The number of anilines is 3. The number of halogens is 2. The third kappa shape index (κ3) is 5.67. The van der Waals surface area contributed by atoms with Gasteiger partial charge in [0, 0.05) is 17.3 Å². The molecule has 0 aliphatic heterocycles. The van der Waals surface area contributed by atoms with E-state index in [1.54, 1.807) is 12.3 Å². The van der Waals surface area contributed by atoms with E-state index < -0.39 is 29.2 Å². The molecular weight excluding hydrogens is 500 g/mol. The van der Waals surface area contributed by atoms with Crippen molar-refractivity contribution in [3.05, 3.63) is 77.0 Å². The number of nitrogens with zero attached hydrogens (tertiary/aromatic N) is 4. The molecule has 1 aromatic carbocycles. The highest BCUT2D eigenvalue weighted by molar-refractivity contribution is 5.95. The van der Waals surface area contributed by atoms with E-state index in [9.17, 15) is 18.4 Å².